The first kappa shape index (κ1) is 25.2. The number of rotatable bonds is 9. The first-order valence-electron chi connectivity index (χ1n) is 12.4. The quantitative estimate of drug-likeness (QED) is 0.225. The summed E-state index contributed by atoms with van der Waals surface area (Å²) in [6.45, 7) is 2.38. The van der Waals surface area contributed by atoms with Gasteiger partial charge < -0.3 is 10.6 Å². The molecule has 0 unspecified atom stereocenters. The summed E-state index contributed by atoms with van der Waals surface area (Å²) in [5.41, 5.74) is 3.49. The van der Waals surface area contributed by atoms with E-state index in [2.05, 4.69) is 33.0 Å². The molecule has 190 valence electrons. The number of fused-ring (bicyclic) bond motifs is 1. The minimum Gasteiger partial charge on any atom is -0.326 e. The molecule has 1 aromatic heterocycles. The van der Waals surface area contributed by atoms with Crippen LogP contribution < -0.4 is 10.6 Å². The van der Waals surface area contributed by atoms with E-state index in [4.69, 9.17) is 0 Å². The summed E-state index contributed by atoms with van der Waals surface area (Å²) in [6, 6.07) is 31.5. The molecule has 0 fully saturated rings. The lowest BCUT2D eigenvalue weighted by atomic mass is 10.1. The molecular formula is C30H27N5O2S. The van der Waals surface area contributed by atoms with E-state index in [-0.39, 0.29) is 17.6 Å². The maximum Gasteiger partial charge on any atom is 0.234 e. The molecular weight excluding hydrogens is 494 g/mol. The summed E-state index contributed by atoms with van der Waals surface area (Å²) in [7, 11) is 0. The van der Waals surface area contributed by atoms with Crippen molar-refractivity contribution in [3.63, 3.8) is 0 Å². The number of thioether (sulfide) groups is 1. The Labute approximate surface area is 225 Å². The van der Waals surface area contributed by atoms with Gasteiger partial charge in [-0.1, -0.05) is 85.4 Å². The summed E-state index contributed by atoms with van der Waals surface area (Å²) in [5.74, 6) is 0.737. The number of anilines is 2. The zero-order valence-electron chi connectivity index (χ0n) is 20.9. The van der Waals surface area contributed by atoms with Crippen LogP contribution in [0.25, 0.3) is 22.2 Å². The summed E-state index contributed by atoms with van der Waals surface area (Å²) >= 11 is 1.35. The van der Waals surface area contributed by atoms with Crippen LogP contribution in [-0.4, -0.2) is 32.3 Å². The molecule has 38 heavy (non-hydrogen) atoms. The van der Waals surface area contributed by atoms with Gasteiger partial charge in [-0.25, -0.2) is 0 Å². The maximum absolute atomic E-state index is 12.9. The van der Waals surface area contributed by atoms with Crippen LogP contribution in [0.2, 0.25) is 0 Å². The van der Waals surface area contributed by atoms with Crippen LogP contribution in [0.15, 0.2) is 102 Å². The Balaban J connectivity index is 1.36. The van der Waals surface area contributed by atoms with E-state index in [1.54, 1.807) is 0 Å². The first-order valence-corrected chi connectivity index (χ1v) is 13.4. The average Bonchev–Trinajstić information content (AvgIpc) is 3.35. The van der Waals surface area contributed by atoms with Gasteiger partial charge >= 0.3 is 0 Å². The van der Waals surface area contributed by atoms with Crippen molar-refractivity contribution in [3.05, 3.63) is 103 Å². The van der Waals surface area contributed by atoms with E-state index in [1.165, 1.54) is 11.8 Å². The highest BCUT2D eigenvalue weighted by molar-refractivity contribution is 7.99. The Morgan fingerprint density at radius 2 is 1.53 bits per heavy atom. The lowest BCUT2D eigenvalue weighted by molar-refractivity contribution is -0.116. The summed E-state index contributed by atoms with van der Waals surface area (Å²) in [4.78, 5) is 24.6. The number of hydrogen-bond acceptors (Lipinski definition) is 5. The third-order valence-electron chi connectivity index (χ3n) is 6.04. The molecule has 4 aromatic carbocycles. The number of nitrogens with one attached hydrogen (secondary N) is 2. The fourth-order valence-corrected chi connectivity index (χ4v) is 4.86. The maximum atomic E-state index is 12.9. The fraction of sp³-hybridized carbons (Fsp3) is 0.133. The molecule has 5 rings (SSSR count). The number of benzene rings is 4. The molecule has 0 atom stereocenters. The van der Waals surface area contributed by atoms with Crippen LogP contribution in [0.3, 0.4) is 0 Å². The number of carbonyl (C=O) groups is 2. The highest BCUT2D eigenvalue weighted by Crippen LogP contribution is 2.27. The highest BCUT2D eigenvalue weighted by atomic mass is 32.2. The Morgan fingerprint density at radius 1 is 0.789 bits per heavy atom. The molecule has 0 spiro atoms. The minimum atomic E-state index is -0.113. The molecule has 0 aliphatic heterocycles. The van der Waals surface area contributed by atoms with Gasteiger partial charge in [-0.15, -0.1) is 10.2 Å². The lowest BCUT2D eigenvalue weighted by Crippen LogP contribution is -2.15. The Kier molecular flexibility index (Phi) is 7.80. The van der Waals surface area contributed by atoms with Crippen LogP contribution in [0.1, 0.15) is 18.9 Å². The molecule has 0 saturated heterocycles. The van der Waals surface area contributed by atoms with Crippen molar-refractivity contribution in [2.24, 2.45) is 0 Å². The van der Waals surface area contributed by atoms with Crippen LogP contribution >= 0.6 is 11.8 Å². The molecule has 2 N–H and O–H groups in total. The molecule has 5 aromatic rings. The number of nitrogens with zero attached hydrogens (tertiary/aromatic N) is 3. The average molecular weight is 522 g/mol. The standard InChI is InChI=1S/C30H27N5O2S/c1-2-27(36)31-24-17-15-23(16-18-24)29-33-34-30(35(29)19-21-9-4-3-5-10-21)38-20-28(37)32-26-14-8-12-22-11-6-7-13-25(22)26/h3-18H,2,19-20H2,1H3,(H,31,36)(H,32,37). The summed E-state index contributed by atoms with van der Waals surface area (Å²) in [6.07, 6.45) is 0.418. The first-order chi connectivity index (χ1) is 18.6. The van der Waals surface area contributed by atoms with Gasteiger partial charge in [0, 0.05) is 28.7 Å². The van der Waals surface area contributed by atoms with Crippen molar-refractivity contribution in [1.29, 1.82) is 0 Å². The van der Waals surface area contributed by atoms with Gasteiger partial charge in [0.25, 0.3) is 0 Å². The SMILES string of the molecule is CCC(=O)Nc1ccc(-c2nnc(SCC(=O)Nc3cccc4ccccc34)n2Cc2ccccc2)cc1. The topological polar surface area (TPSA) is 88.9 Å². The van der Waals surface area contributed by atoms with Crippen LogP contribution in [-0.2, 0) is 16.1 Å². The fourth-order valence-electron chi connectivity index (χ4n) is 4.12. The van der Waals surface area contributed by atoms with Crippen molar-refractivity contribution in [2.45, 2.75) is 25.0 Å². The van der Waals surface area contributed by atoms with Crippen molar-refractivity contribution < 1.29 is 9.59 Å². The highest BCUT2D eigenvalue weighted by Gasteiger charge is 2.17. The van der Waals surface area contributed by atoms with Crippen LogP contribution in [0.5, 0.6) is 0 Å². The van der Waals surface area contributed by atoms with E-state index >= 15 is 0 Å². The van der Waals surface area contributed by atoms with E-state index in [0.717, 1.165) is 33.3 Å². The molecule has 0 aliphatic rings. The molecule has 0 aliphatic carbocycles. The van der Waals surface area contributed by atoms with Gasteiger partial charge in [0.15, 0.2) is 11.0 Å². The smallest absolute Gasteiger partial charge is 0.234 e. The normalized spacial score (nSPS) is 10.9. The molecule has 7 nitrogen and oxygen atoms in total. The Morgan fingerprint density at radius 3 is 2.32 bits per heavy atom. The Hall–Kier alpha value is -4.43. The second-order valence-electron chi connectivity index (χ2n) is 8.72. The van der Waals surface area contributed by atoms with Gasteiger partial charge in [-0.3, -0.25) is 14.2 Å². The third-order valence-corrected chi connectivity index (χ3v) is 7.01. The van der Waals surface area contributed by atoms with Crippen molar-refractivity contribution >= 4 is 45.7 Å². The van der Waals surface area contributed by atoms with Crippen LogP contribution in [0, 0.1) is 0 Å². The predicted octanol–water partition coefficient (Wildman–Crippen LogP) is 6.23. The molecule has 0 saturated carbocycles. The number of carbonyl (C=O) groups excluding carboxylic acids is 2. The van der Waals surface area contributed by atoms with E-state index in [0.29, 0.717) is 23.9 Å². The minimum absolute atomic E-state index is 0.0366. The largest absolute Gasteiger partial charge is 0.326 e. The van der Waals surface area contributed by atoms with Crippen molar-refractivity contribution in [2.75, 3.05) is 16.4 Å². The molecule has 2 amide bonds. The second kappa shape index (κ2) is 11.7. The monoisotopic (exact) mass is 521 g/mol. The zero-order valence-corrected chi connectivity index (χ0v) is 21.7. The van der Waals surface area contributed by atoms with Crippen molar-refractivity contribution in [1.82, 2.24) is 14.8 Å². The summed E-state index contributed by atoms with van der Waals surface area (Å²) in [5, 5.41) is 17.5. The van der Waals surface area contributed by atoms with E-state index in [9.17, 15) is 9.59 Å². The predicted molar refractivity (Wildman–Crippen MR) is 153 cm³/mol. The third kappa shape index (κ3) is 5.92. The van der Waals surface area contributed by atoms with Gasteiger partial charge in [0.1, 0.15) is 0 Å². The number of amides is 2. The lowest BCUT2D eigenvalue weighted by Gasteiger charge is -2.12. The zero-order chi connectivity index (χ0) is 26.3. The van der Waals surface area contributed by atoms with Gasteiger partial charge in [-0.2, -0.15) is 0 Å². The number of aromatic nitrogens is 3. The van der Waals surface area contributed by atoms with Gasteiger partial charge in [0.05, 0.1) is 12.3 Å². The van der Waals surface area contributed by atoms with Gasteiger partial charge in [-0.05, 0) is 41.3 Å². The van der Waals surface area contributed by atoms with Crippen LogP contribution in [0.4, 0.5) is 11.4 Å². The van der Waals surface area contributed by atoms with E-state index < -0.39 is 0 Å². The molecule has 8 heteroatoms. The second-order valence-corrected chi connectivity index (χ2v) is 9.66. The van der Waals surface area contributed by atoms with Gasteiger partial charge in [0.2, 0.25) is 11.8 Å². The number of hydrogen-bond donors (Lipinski definition) is 2. The summed E-state index contributed by atoms with van der Waals surface area (Å²) < 4.78 is 2.02. The molecule has 1 heterocycles. The Bertz CT molecular complexity index is 1560. The molecule has 0 bridgehead atoms. The molecule has 0 radical (unpaired) electrons. The van der Waals surface area contributed by atoms with E-state index in [1.807, 2.05) is 96.4 Å². The van der Waals surface area contributed by atoms with Crippen molar-refractivity contribution in [3.8, 4) is 11.4 Å².